The van der Waals surface area contributed by atoms with Gasteiger partial charge in [0.2, 0.25) is 0 Å². The minimum atomic E-state index is -1.29. The van der Waals surface area contributed by atoms with Crippen molar-refractivity contribution in [2.75, 3.05) is 0 Å². The highest BCUT2D eigenvalue weighted by Crippen LogP contribution is 2.25. The maximum atomic E-state index is 11.7. The molecule has 1 atom stereocenters. The zero-order valence-electron chi connectivity index (χ0n) is 11.6. The molecule has 0 heterocycles. The van der Waals surface area contributed by atoms with Crippen LogP contribution in [-0.4, -0.2) is 17.7 Å². The van der Waals surface area contributed by atoms with Crippen LogP contribution in [0.25, 0.3) is 0 Å². The van der Waals surface area contributed by atoms with Crippen molar-refractivity contribution in [1.29, 1.82) is 0 Å². The molecule has 1 amide bonds. The van der Waals surface area contributed by atoms with E-state index in [0.29, 0.717) is 10.6 Å². The van der Waals surface area contributed by atoms with Gasteiger partial charge in [0.1, 0.15) is 5.60 Å². The van der Waals surface area contributed by atoms with Gasteiger partial charge in [-0.05, 0) is 32.4 Å². The number of hydrogen-bond donors (Lipinski definition) is 1. The van der Waals surface area contributed by atoms with Crippen molar-refractivity contribution in [2.45, 2.75) is 38.8 Å². The minimum Gasteiger partial charge on any atom is -0.550 e. The van der Waals surface area contributed by atoms with E-state index < -0.39 is 23.7 Å². The predicted octanol–water partition coefficient (Wildman–Crippen LogP) is 2.05. The molecule has 1 rings (SSSR count). The van der Waals surface area contributed by atoms with Crippen LogP contribution in [0.15, 0.2) is 24.3 Å². The highest BCUT2D eigenvalue weighted by molar-refractivity contribution is 6.31. The first-order chi connectivity index (χ1) is 9.19. The van der Waals surface area contributed by atoms with Crippen LogP contribution < -0.4 is 10.4 Å². The highest BCUT2D eigenvalue weighted by Gasteiger charge is 2.21. The second-order valence-corrected chi connectivity index (χ2v) is 5.70. The summed E-state index contributed by atoms with van der Waals surface area (Å²) in [6, 6.07) is 5.89. The summed E-state index contributed by atoms with van der Waals surface area (Å²) in [6.45, 7) is 5.15. The van der Waals surface area contributed by atoms with E-state index in [1.807, 2.05) is 0 Å². The van der Waals surface area contributed by atoms with Gasteiger partial charge in [-0.3, -0.25) is 0 Å². The fourth-order valence-corrected chi connectivity index (χ4v) is 1.88. The van der Waals surface area contributed by atoms with Crippen molar-refractivity contribution in [3.8, 4) is 0 Å². The number of alkyl carbamates (subject to hydrolysis) is 1. The Morgan fingerprint density at radius 1 is 1.35 bits per heavy atom. The number of carboxylic acids is 1. The van der Waals surface area contributed by atoms with Gasteiger partial charge in [-0.1, -0.05) is 29.8 Å². The number of halogens is 1. The van der Waals surface area contributed by atoms with E-state index in [2.05, 4.69) is 5.32 Å². The normalized spacial score (nSPS) is 12.6. The number of carbonyl (C=O) groups is 2. The molecule has 1 N–H and O–H groups in total. The van der Waals surface area contributed by atoms with Crippen molar-refractivity contribution in [2.24, 2.45) is 0 Å². The van der Waals surface area contributed by atoms with Crippen LogP contribution in [0.2, 0.25) is 5.02 Å². The van der Waals surface area contributed by atoms with Gasteiger partial charge in [0.25, 0.3) is 0 Å². The standard InChI is InChI=1S/C14H18ClNO4/c1-14(2,3)20-13(19)16-11(8-12(17)18)9-6-4-5-7-10(9)15/h4-7,11H,8H2,1-3H3,(H,16,19)(H,17,18)/p-1/t11-/m0/s1. The van der Waals surface area contributed by atoms with Crippen molar-refractivity contribution < 1.29 is 19.4 Å². The van der Waals surface area contributed by atoms with E-state index >= 15 is 0 Å². The Kier molecular flexibility index (Phi) is 5.39. The Labute approximate surface area is 122 Å². The number of carbonyl (C=O) groups excluding carboxylic acids is 2. The molecule has 1 aromatic carbocycles. The SMILES string of the molecule is CC(C)(C)OC(=O)N[C@@H](CC(=O)[O-])c1ccccc1Cl. The van der Waals surface area contributed by atoms with E-state index in [1.54, 1.807) is 45.0 Å². The molecule has 1 aromatic rings. The third-order valence-electron chi connectivity index (χ3n) is 2.34. The minimum absolute atomic E-state index is 0.370. The first kappa shape index (κ1) is 16.3. The summed E-state index contributed by atoms with van der Waals surface area (Å²) in [5.41, 5.74) is -0.166. The van der Waals surface area contributed by atoms with Gasteiger partial charge >= 0.3 is 6.09 Å². The maximum Gasteiger partial charge on any atom is 0.408 e. The third kappa shape index (κ3) is 5.48. The van der Waals surface area contributed by atoms with Crippen LogP contribution in [0.4, 0.5) is 4.79 Å². The molecule has 0 radical (unpaired) electrons. The molecule has 0 saturated heterocycles. The topological polar surface area (TPSA) is 78.5 Å². The van der Waals surface area contributed by atoms with Gasteiger partial charge in [0, 0.05) is 17.4 Å². The molecular formula is C14H17ClNO4-. The first-order valence-corrected chi connectivity index (χ1v) is 6.50. The van der Waals surface area contributed by atoms with Crippen LogP contribution in [0.1, 0.15) is 38.8 Å². The predicted molar refractivity (Wildman–Crippen MR) is 73.2 cm³/mol. The molecule has 0 unspecified atom stereocenters. The number of ether oxygens (including phenoxy) is 1. The quantitative estimate of drug-likeness (QED) is 0.922. The molecule has 0 aliphatic carbocycles. The Morgan fingerprint density at radius 3 is 2.45 bits per heavy atom. The number of nitrogens with one attached hydrogen (secondary N) is 1. The van der Waals surface area contributed by atoms with Crippen molar-refractivity contribution in [3.63, 3.8) is 0 Å². The molecule has 0 saturated carbocycles. The summed E-state index contributed by atoms with van der Waals surface area (Å²) in [5, 5.41) is 13.7. The van der Waals surface area contributed by atoms with E-state index in [1.165, 1.54) is 0 Å². The lowest BCUT2D eigenvalue weighted by molar-refractivity contribution is -0.306. The molecule has 0 spiro atoms. The molecular weight excluding hydrogens is 282 g/mol. The number of rotatable bonds is 4. The number of hydrogen-bond acceptors (Lipinski definition) is 4. The summed E-state index contributed by atoms with van der Waals surface area (Å²) in [7, 11) is 0. The largest absolute Gasteiger partial charge is 0.550 e. The summed E-state index contributed by atoms with van der Waals surface area (Å²) in [4.78, 5) is 22.6. The molecule has 0 fully saturated rings. The van der Waals surface area contributed by atoms with E-state index in [9.17, 15) is 14.7 Å². The van der Waals surface area contributed by atoms with Crippen LogP contribution in [0, 0.1) is 0 Å². The molecule has 110 valence electrons. The fraction of sp³-hybridized carbons (Fsp3) is 0.429. The van der Waals surface area contributed by atoms with E-state index in [4.69, 9.17) is 16.3 Å². The molecule has 6 heteroatoms. The number of aliphatic carboxylic acids is 1. The Balaban J connectivity index is 2.88. The second-order valence-electron chi connectivity index (χ2n) is 5.30. The average Bonchev–Trinajstić information content (AvgIpc) is 2.25. The smallest absolute Gasteiger partial charge is 0.408 e. The van der Waals surface area contributed by atoms with Gasteiger partial charge in [0.15, 0.2) is 0 Å². The molecule has 0 aliphatic heterocycles. The van der Waals surface area contributed by atoms with E-state index in [-0.39, 0.29) is 6.42 Å². The zero-order chi connectivity index (χ0) is 15.3. The Bertz CT molecular complexity index is 496. The second kappa shape index (κ2) is 6.61. The Hall–Kier alpha value is -1.75. The summed E-state index contributed by atoms with van der Waals surface area (Å²) < 4.78 is 5.10. The first-order valence-electron chi connectivity index (χ1n) is 6.13. The van der Waals surface area contributed by atoms with Crippen molar-refractivity contribution >= 4 is 23.7 Å². The van der Waals surface area contributed by atoms with Crippen molar-refractivity contribution in [3.05, 3.63) is 34.9 Å². The highest BCUT2D eigenvalue weighted by atomic mass is 35.5. The monoisotopic (exact) mass is 298 g/mol. The molecule has 20 heavy (non-hydrogen) atoms. The molecule has 0 aliphatic rings. The average molecular weight is 299 g/mol. The van der Waals surface area contributed by atoms with Gasteiger partial charge in [-0.2, -0.15) is 0 Å². The third-order valence-corrected chi connectivity index (χ3v) is 2.69. The van der Waals surface area contributed by atoms with Crippen molar-refractivity contribution in [1.82, 2.24) is 5.32 Å². The van der Waals surface area contributed by atoms with Gasteiger partial charge in [-0.25, -0.2) is 4.79 Å². The maximum absolute atomic E-state index is 11.7. The fourth-order valence-electron chi connectivity index (χ4n) is 1.61. The van der Waals surface area contributed by atoms with Gasteiger partial charge in [0.05, 0.1) is 6.04 Å². The van der Waals surface area contributed by atoms with Crippen LogP contribution in [-0.2, 0) is 9.53 Å². The molecule has 5 nitrogen and oxygen atoms in total. The molecule has 0 bridgehead atoms. The summed E-state index contributed by atoms with van der Waals surface area (Å²) in [6.07, 6.45) is -1.09. The lowest BCUT2D eigenvalue weighted by Gasteiger charge is -2.24. The van der Waals surface area contributed by atoms with Gasteiger partial charge in [-0.15, -0.1) is 0 Å². The lowest BCUT2D eigenvalue weighted by atomic mass is 10.0. The van der Waals surface area contributed by atoms with Gasteiger partial charge < -0.3 is 20.0 Å². The lowest BCUT2D eigenvalue weighted by Crippen LogP contribution is -2.37. The zero-order valence-corrected chi connectivity index (χ0v) is 12.4. The Morgan fingerprint density at radius 2 is 1.95 bits per heavy atom. The number of carboxylic acid groups (broad SMARTS) is 1. The number of amides is 1. The summed E-state index contributed by atoms with van der Waals surface area (Å²) >= 11 is 6.01. The van der Waals surface area contributed by atoms with Crippen LogP contribution in [0.3, 0.4) is 0 Å². The summed E-state index contributed by atoms with van der Waals surface area (Å²) in [5.74, 6) is -1.29. The van der Waals surface area contributed by atoms with Crippen LogP contribution in [0.5, 0.6) is 0 Å². The molecule has 0 aromatic heterocycles. The number of benzene rings is 1. The van der Waals surface area contributed by atoms with Crippen LogP contribution >= 0.6 is 11.6 Å². The van der Waals surface area contributed by atoms with E-state index in [0.717, 1.165) is 0 Å².